The fourth-order valence-electron chi connectivity index (χ4n) is 9.75. The van der Waals surface area contributed by atoms with Gasteiger partial charge in [0.2, 0.25) is 0 Å². The molecule has 0 fully saturated rings. The molecule has 0 atom stereocenters. The average molecular weight is 821 g/mol. The van der Waals surface area contributed by atoms with Crippen LogP contribution in [-0.2, 0) is 0 Å². The molecular weight excluding hydrogens is 785 g/mol. The summed E-state index contributed by atoms with van der Waals surface area (Å²) >= 11 is 1.90. The number of hydrogen-bond donors (Lipinski definition) is 0. The number of fused-ring (bicyclic) bond motifs is 9. The summed E-state index contributed by atoms with van der Waals surface area (Å²) in [6.45, 7) is 0. The van der Waals surface area contributed by atoms with Crippen LogP contribution in [-0.4, -0.2) is 19.1 Å². The Morgan fingerprint density at radius 3 is 1.13 bits per heavy atom. The highest BCUT2D eigenvalue weighted by Gasteiger charge is 2.21. The number of nitrogens with zero attached hydrogens (tertiary/aromatic N) is 4. The Morgan fingerprint density at radius 1 is 0.286 bits per heavy atom. The molecule has 0 aliphatic rings. The van der Waals surface area contributed by atoms with Crippen molar-refractivity contribution in [3.05, 3.63) is 219 Å². The molecule has 63 heavy (non-hydrogen) atoms. The number of thiophene rings is 1. The lowest BCUT2D eigenvalue weighted by Crippen LogP contribution is -1.96. The van der Waals surface area contributed by atoms with Crippen LogP contribution in [0.25, 0.3) is 120 Å². The van der Waals surface area contributed by atoms with E-state index in [1.165, 1.54) is 86.2 Å². The Hall–Kier alpha value is -8.12. The van der Waals surface area contributed by atoms with Crippen LogP contribution in [0, 0.1) is 0 Å². The quantitative estimate of drug-likeness (QED) is 0.167. The van der Waals surface area contributed by atoms with Gasteiger partial charge >= 0.3 is 0 Å². The minimum Gasteiger partial charge on any atom is -0.294 e. The van der Waals surface area contributed by atoms with E-state index in [1.54, 1.807) is 0 Å². The molecule has 13 rings (SSSR count). The molecule has 0 amide bonds. The van der Waals surface area contributed by atoms with Crippen molar-refractivity contribution in [2.45, 2.75) is 0 Å². The van der Waals surface area contributed by atoms with E-state index in [-0.39, 0.29) is 0 Å². The minimum absolute atomic E-state index is 0.914. The number of aromatic nitrogens is 4. The first-order valence-corrected chi connectivity index (χ1v) is 22.1. The van der Waals surface area contributed by atoms with Gasteiger partial charge in [0, 0.05) is 65.2 Å². The summed E-state index contributed by atoms with van der Waals surface area (Å²) in [4.78, 5) is 9.53. The van der Waals surface area contributed by atoms with Gasteiger partial charge in [-0.2, -0.15) is 0 Å². The minimum atomic E-state index is 0.914. The van der Waals surface area contributed by atoms with Crippen molar-refractivity contribution in [1.29, 1.82) is 0 Å². The maximum absolute atomic E-state index is 4.76. The molecule has 0 saturated carbocycles. The van der Waals surface area contributed by atoms with Crippen molar-refractivity contribution >= 4 is 75.1 Å². The Kier molecular flexibility index (Phi) is 8.05. The fourth-order valence-corrected chi connectivity index (χ4v) is 11.1. The highest BCUT2D eigenvalue weighted by molar-refractivity contribution is 7.27. The van der Waals surface area contributed by atoms with Crippen LogP contribution in [0.15, 0.2) is 219 Å². The molecule has 0 bridgehead atoms. The molecule has 5 heteroatoms. The average Bonchev–Trinajstić information content (AvgIpc) is 4.02. The lowest BCUT2D eigenvalue weighted by atomic mass is 9.92. The van der Waals surface area contributed by atoms with Crippen LogP contribution >= 0.6 is 11.3 Å². The second-order valence-corrected chi connectivity index (χ2v) is 17.2. The van der Waals surface area contributed by atoms with Crippen LogP contribution in [0.5, 0.6) is 0 Å². The molecule has 13 aromatic rings. The zero-order chi connectivity index (χ0) is 41.4. The van der Waals surface area contributed by atoms with Crippen molar-refractivity contribution in [3.63, 3.8) is 0 Å². The third-order valence-electron chi connectivity index (χ3n) is 12.6. The summed E-state index contributed by atoms with van der Waals surface area (Å²) < 4.78 is 7.13. The molecule has 8 aromatic carbocycles. The highest BCUT2D eigenvalue weighted by Crippen LogP contribution is 2.48. The van der Waals surface area contributed by atoms with E-state index in [0.717, 1.165) is 33.7 Å². The lowest BCUT2D eigenvalue weighted by molar-refractivity contribution is 1.08. The van der Waals surface area contributed by atoms with Gasteiger partial charge in [0.15, 0.2) is 0 Å². The first kappa shape index (κ1) is 35.6. The molecule has 0 saturated heterocycles. The van der Waals surface area contributed by atoms with Crippen molar-refractivity contribution in [2.75, 3.05) is 0 Å². The largest absolute Gasteiger partial charge is 0.294 e. The summed E-state index contributed by atoms with van der Waals surface area (Å²) in [6.07, 6.45) is 3.73. The van der Waals surface area contributed by atoms with Crippen molar-refractivity contribution in [1.82, 2.24) is 19.1 Å². The maximum atomic E-state index is 4.76. The Bertz CT molecular complexity index is 3630. The SMILES string of the molecule is c1ccc(-c2cc(-c3ccc4c(c3)c3ccccc3n4-c3ccccn3)cc3c2sc2c(-c4ccccc4)cc(-c4ccc5c(c4)c4ccccc4n5-c4ccccn4)cc23)cc1. The van der Waals surface area contributed by atoms with E-state index >= 15 is 0 Å². The van der Waals surface area contributed by atoms with Gasteiger partial charge < -0.3 is 0 Å². The summed E-state index contributed by atoms with van der Waals surface area (Å²) in [5.74, 6) is 1.83. The monoisotopic (exact) mass is 820 g/mol. The number of hydrogen-bond acceptors (Lipinski definition) is 3. The Labute approximate surface area is 367 Å². The smallest absolute Gasteiger partial charge is 0.137 e. The van der Waals surface area contributed by atoms with Gasteiger partial charge in [-0.3, -0.25) is 9.13 Å². The van der Waals surface area contributed by atoms with Gasteiger partial charge in [0.05, 0.1) is 22.1 Å². The number of benzene rings is 8. The molecule has 294 valence electrons. The van der Waals surface area contributed by atoms with Gasteiger partial charge in [-0.25, -0.2) is 9.97 Å². The molecular formula is C58H36N4S. The van der Waals surface area contributed by atoms with Gasteiger partial charge in [0.25, 0.3) is 0 Å². The molecule has 0 spiro atoms. The number of rotatable bonds is 6. The summed E-state index contributed by atoms with van der Waals surface area (Å²) in [5, 5.41) is 7.35. The van der Waals surface area contributed by atoms with Gasteiger partial charge in [0.1, 0.15) is 11.6 Å². The molecule has 0 radical (unpaired) electrons. The van der Waals surface area contributed by atoms with Crippen LogP contribution in [0.4, 0.5) is 0 Å². The van der Waals surface area contributed by atoms with Gasteiger partial charge in [-0.05, 0) is 118 Å². The predicted octanol–water partition coefficient (Wildman–Crippen LogP) is 15.7. The topological polar surface area (TPSA) is 35.6 Å². The summed E-state index contributed by atoms with van der Waals surface area (Å²) in [5.41, 5.74) is 14.2. The zero-order valence-electron chi connectivity index (χ0n) is 34.0. The van der Waals surface area contributed by atoms with E-state index in [1.807, 2.05) is 35.9 Å². The molecule has 5 aromatic heterocycles. The van der Waals surface area contributed by atoms with E-state index in [0.29, 0.717) is 0 Å². The summed E-state index contributed by atoms with van der Waals surface area (Å²) in [7, 11) is 0. The number of para-hydroxylation sites is 2. The lowest BCUT2D eigenvalue weighted by Gasteiger charge is -2.11. The molecule has 0 aliphatic carbocycles. The Morgan fingerprint density at radius 2 is 0.683 bits per heavy atom. The predicted molar refractivity (Wildman–Crippen MR) is 265 cm³/mol. The molecule has 0 unspecified atom stereocenters. The number of pyridine rings is 2. The summed E-state index contributed by atoms with van der Waals surface area (Å²) in [6, 6.07) is 74.8. The van der Waals surface area contributed by atoms with E-state index in [2.05, 4.69) is 203 Å². The molecule has 0 aliphatic heterocycles. The molecule has 5 heterocycles. The van der Waals surface area contributed by atoms with Crippen LogP contribution in [0.1, 0.15) is 0 Å². The van der Waals surface area contributed by atoms with E-state index in [4.69, 9.17) is 9.97 Å². The van der Waals surface area contributed by atoms with Crippen LogP contribution < -0.4 is 0 Å². The molecule has 0 N–H and O–H groups in total. The highest BCUT2D eigenvalue weighted by atomic mass is 32.1. The standard InChI is InChI=1S/C58H36N4S/c1-3-15-37(16-4-1)45-33-41(39-25-27-53-47(31-39)43-19-7-9-21-51(43)61(53)55-23-11-13-29-59-55)35-49-50-36-42(34-46(58(50)63-57(45)49)38-17-5-2-6-18-38)40-26-28-54-48(32-40)44-20-8-10-22-52(44)62(54)56-24-12-14-30-60-56/h1-36H. The third-order valence-corrected chi connectivity index (χ3v) is 13.9. The third kappa shape index (κ3) is 5.67. The van der Waals surface area contributed by atoms with E-state index < -0.39 is 0 Å². The van der Waals surface area contributed by atoms with Crippen molar-refractivity contribution in [2.24, 2.45) is 0 Å². The van der Waals surface area contributed by atoms with Crippen molar-refractivity contribution in [3.8, 4) is 56.1 Å². The van der Waals surface area contributed by atoms with E-state index in [9.17, 15) is 0 Å². The maximum Gasteiger partial charge on any atom is 0.137 e. The molecule has 4 nitrogen and oxygen atoms in total. The van der Waals surface area contributed by atoms with Gasteiger partial charge in [-0.1, -0.05) is 121 Å². The first-order chi connectivity index (χ1) is 31.2. The second kappa shape index (κ2) is 14.2. The van der Waals surface area contributed by atoms with Crippen LogP contribution in [0.2, 0.25) is 0 Å². The zero-order valence-corrected chi connectivity index (χ0v) is 34.8. The first-order valence-electron chi connectivity index (χ1n) is 21.3. The van der Waals surface area contributed by atoms with Crippen molar-refractivity contribution < 1.29 is 0 Å². The van der Waals surface area contributed by atoms with Gasteiger partial charge in [-0.15, -0.1) is 11.3 Å². The normalized spacial score (nSPS) is 11.8. The fraction of sp³-hybridized carbons (Fsp3) is 0. The van der Waals surface area contributed by atoms with Crippen LogP contribution in [0.3, 0.4) is 0 Å². The Balaban J connectivity index is 1.07. The second-order valence-electron chi connectivity index (χ2n) is 16.2.